The number of nitrogens with one attached hydrogen (secondary N) is 2. The maximum Gasteiger partial charge on any atom is 0.255 e. The first-order valence-corrected chi connectivity index (χ1v) is 9.95. The Morgan fingerprint density at radius 1 is 0.960 bits per heavy atom. The molecule has 0 aliphatic rings. The van der Waals surface area contributed by atoms with Crippen LogP contribution in [0.4, 0.5) is 5.82 Å². The van der Waals surface area contributed by atoms with Gasteiger partial charge in [0.1, 0.15) is 5.82 Å². The Balaban J connectivity index is 1.86. The van der Waals surface area contributed by atoms with Crippen molar-refractivity contribution >= 4 is 11.7 Å². The minimum absolute atomic E-state index is 0.125. The first kappa shape index (κ1) is 21.4. The van der Waals surface area contributed by atoms with Gasteiger partial charge in [0.05, 0.1) is 5.56 Å². The van der Waals surface area contributed by atoms with E-state index in [4.69, 9.17) is 5.73 Å². The SMILES string of the molecule is CCNCCCCCCCCCCCCNC(=O)c1cccnc1N. The van der Waals surface area contributed by atoms with Crippen LogP contribution in [0.5, 0.6) is 0 Å². The Kier molecular flexibility index (Phi) is 12.6. The Bertz CT molecular complexity index is 465. The van der Waals surface area contributed by atoms with E-state index in [0.717, 1.165) is 13.0 Å². The zero-order valence-corrected chi connectivity index (χ0v) is 15.9. The van der Waals surface area contributed by atoms with Crippen LogP contribution in [0.15, 0.2) is 18.3 Å². The number of carbonyl (C=O) groups is 1. The highest BCUT2D eigenvalue weighted by molar-refractivity contribution is 5.98. The molecule has 1 rings (SSSR count). The molecule has 0 fully saturated rings. The summed E-state index contributed by atoms with van der Waals surface area (Å²) in [5, 5.41) is 6.28. The van der Waals surface area contributed by atoms with Crippen LogP contribution in [-0.4, -0.2) is 30.5 Å². The fourth-order valence-electron chi connectivity index (χ4n) is 2.87. The smallest absolute Gasteiger partial charge is 0.255 e. The normalized spacial score (nSPS) is 10.8. The van der Waals surface area contributed by atoms with Crippen molar-refractivity contribution in [1.82, 2.24) is 15.6 Å². The van der Waals surface area contributed by atoms with Gasteiger partial charge in [-0.15, -0.1) is 0 Å². The predicted molar refractivity (Wildman–Crippen MR) is 106 cm³/mol. The summed E-state index contributed by atoms with van der Waals surface area (Å²) in [4.78, 5) is 15.9. The number of nitrogen functional groups attached to an aromatic ring is 1. The molecule has 0 unspecified atom stereocenters. The zero-order valence-electron chi connectivity index (χ0n) is 15.9. The average Bonchev–Trinajstić information content (AvgIpc) is 2.62. The number of aromatic nitrogens is 1. The second-order valence-electron chi connectivity index (χ2n) is 6.58. The number of carbonyl (C=O) groups excluding carboxylic acids is 1. The van der Waals surface area contributed by atoms with Crippen LogP contribution in [0.2, 0.25) is 0 Å². The van der Waals surface area contributed by atoms with E-state index in [1.165, 1.54) is 64.3 Å². The molecule has 0 saturated heterocycles. The first-order chi connectivity index (χ1) is 12.3. The Hall–Kier alpha value is -1.62. The van der Waals surface area contributed by atoms with Crippen molar-refractivity contribution in [3.63, 3.8) is 0 Å². The number of anilines is 1. The second-order valence-corrected chi connectivity index (χ2v) is 6.58. The molecule has 1 amide bonds. The predicted octanol–water partition coefficient (Wildman–Crippen LogP) is 3.90. The lowest BCUT2D eigenvalue weighted by atomic mass is 10.1. The van der Waals surface area contributed by atoms with Gasteiger partial charge in [0, 0.05) is 12.7 Å². The van der Waals surface area contributed by atoms with E-state index in [9.17, 15) is 4.79 Å². The summed E-state index contributed by atoms with van der Waals surface area (Å²) in [6.45, 7) is 5.12. The molecule has 25 heavy (non-hydrogen) atoms. The molecule has 0 saturated carbocycles. The summed E-state index contributed by atoms with van der Waals surface area (Å²) >= 11 is 0. The van der Waals surface area contributed by atoms with E-state index in [1.807, 2.05) is 0 Å². The molecule has 0 radical (unpaired) electrons. The third-order valence-electron chi connectivity index (χ3n) is 4.40. The van der Waals surface area contributed by atoms with Crippen LogP contribution >= 0.6 is 0 Å². The summed E-state index contributed by atoms with van der Waals surface area (Å²) in [6.07, 6.45) is 14.5. The van der Waals surface area contributed by atoms with Gasteiger partial charge in [0.2, 0.25) is 0 Å². The van der Waals surface area contributed by atoms with Gasteiger partial charge in [-0.1, -0.05) is 58.3 Å². The van der Waals surface area contributed by atoms with E-state index < -0.39 is 0 Å². The number of rotatable bonds is 15. The molecule has 142 valence electrons. The maximum absolute atomic E-state index is 11.9. The summed E-state index contributed by atoms with van der Waals surface area (Å²) < 4.78 is 0. The highest BCUT2D eigenvalue weighted by Crippen LogP contribution is 2.10. The number of hydrogen-bond donors (Lipinski definition) is 3. The quantitative estimate of drug-likeness (QED) is 0.420. The molecular formula is C20H36N4O. The third kappa shape index (κ3) is 10.8. The molecule has 1 heterocycles. The Morgan fingerprint density at radius 2 is 1.52 bits per heavy atom. The number of nitrogens with zero attached hydrogens (tertiary/aromatic N) is 1. The highest BCUT2D eigenvalue weighted by Gasteiger charge is 2.08. The monoisotopic (exact) mass is 348 g/mol. The zero-order chi connectivity index (χ0) is 18.2. The average molecular weight is 349 g/mol. The van der Waals surface area contributed by atoms with E-state index in [1.54, 1.807) is 18.3 Å². The number of hydrogen-bond acceptors (Lipinski definition) is 4. The number of pyridine rings is 1. The van der Waals surface area contributed by atoms with Crippen molar-refractivity contribution < 1.29 is 4.79 Å². The van der Waals surface area contributed by atoms with E-state index >= 15 is 0 Å². The second kappa shape index (κ2) is 14.7. The van der Waals surface area contributed by atoms with Crippen LogP contribution < -0.4 is 16.4 Å². The molecule has 5 nitrogen and oxygen atoms in total. The largest absolute Gasteiger partial charge is 0.383 e. The molecule has 4 N–H and O–H groups in total. The fourth-order valence-corrected chi connectivity index (χ4v) is 2.87. The molecule has 0 aliphatic heterocycles. The van der Waals surface area contributed by atoms with Gasteiger partial charge in [0.25, 0.3) is 5.91 Å². The number of amides is 1. The molecular weight excluding hydrogens is 312 g/mol. The lowest BCUT2D eigenvalue weighted by Gasteiger charge is -2.07. The lowest BCUT2D eigenvalue weighted by molar-refractivity contribution is 0.0953. The van der Waals surface area contributed by atoms with Crippen LogP contribution in [0.1, 0.15) is 81.5 Å². The topological polar surface area (TPSA) is 80.0 Å². The Morgan fingerprint density at radius 3 is 2.08 bits per heavy atom. The fraction of sp³-hybridized carbons (Fsp3) is 0.700. The van der Waals surface area contributed by atoms with Crippen LogP contribution in [0, 0.1) is 0 Å². The van der Waals surface area contributed by atoms with Crippen molar-refractivity contribution in [3.8, 4) is 0 Å². The van der Waals surface area contributed by atoms with Gasteiger partial charge < -0.3 is 16.4 Å². The molecule has 0 aliphatic carbocycles. The summed E-state index contributed by atoms with van der Waals surface area (Å²) in [5.74, 6) is 0.168. The maximum atomic E-state index is 11.9. The summed E-state index contributed by atoms with van der Waals surface area (Å²) in [5.41, 5.74) is 6.16. The van der Waals surface area contributed by atoms with Gasteiger partial charge in [0.15, 0.2) is 0 Å². The van der Waals surface area contributed by atoms with Crippen LogP contribution in [0.25, 0.3) is 0 Å². The van der Waals surface area contributed by atoms with E-state index in [-0.39, 0.29) is 5.91 Å². The number of unbranched alkanes of at least 4 members (excludes halogenated alkanes) is 9. The molecule has 0 spiro atoms. The molecule has 0 aromatic carbocycles. The first-order valence-electron chi connectivity index (χ1n) is 9.95. The molecule has 5 heteroatoms. The van der Waals surface area contributed by atoms with Crippen LogP contribution in [0.3, 0.4) is 0 Å². The van der Waals surface area contributed by atoms with Gasteiger partial charge in [-0.05, 0) is 38.1 Å². The summed E-state index contributed by atoms with van der Waals surface area (Å²) in [7, 11) is 0. The van der Waals surface area contributed by atoms with Crippen LogP contribution in [-0.2, 0) is 0 Å². The summed E-state index contributed by atoms with van der Waals surface area (Å²) in [6, 6.07) is 3.44. The van der Waals surface area contributed by atoms with Crippen molar-refractivity contribution in [2.75, 3.05) is 25.4 Å². The van der Waals surface area contributed by atoms with Gasteiger partial charge in [-0.3, -0.25) is 4.79 Å². The minimum Gasteiger partial charge on any atom is -0.383 e. The third-order valence-corrected chi connectivity index (χ3v) is 4.40. The molecule has 1 aromatic heterocycles. The van der Waals surface area contributed by atoms with Gasteiger partial charge in [-0.2, -0.15) is 0 Å². The van der Waals surface area contributed by atoms with Crippen molar-refractivity contribution in [2.45, 2.75) is 71.1 Å². The lowest BCUT2D eigenvalue weighted by Crippen LogP contribution is -2.25. The van der Waals surface area contributed by atoms with Gasteiger partial charge >= 0.3 is 0 Å². The van der Waals surface area contributed by atoms with E-state index in [2.05, 4.69) is 22.5 Å². The van der Waals surface area contributed by atoms with Gasteiger partial charge in [-0.25, -0.2) is 4.98 Å². The molecule has 0 atom stereocenters. The van der Waals surface area contributed by atoms with Crippen molar-refractivity contribution in [1.29, 1.82) is 0 Å². The standard InChI is InChI=1S/C20H36N4O/c1-2-22-15-11-9-7-5-3-4-6-8-10-12-16-24-20(25)18-14-13-17-23-19(18)21/h13-14,17,22H,2-12,15-16H2,1H3,(H2,21,23)(H,24,25). The molecule has 1 aromatic rings. The Labute approximate surface area is 153 Å². The molecule has 0 bridgehead atoms. The van der Waals surface area contributed by atoms with E-state index in [0.29, 0.717) is 17.9 Å². The number of nitrogens with two attached hydrogens (primary N) is 1. The highest BCUT2D eigenvalue weighted by atomic mass is 16.1. The van der Waals surface area contributed by atoms with Crippen molar-refractivity contribution in [3.05, 3.63) is 23.9 Å². The van der Waals surface area contributed by atoms with Crippen molar-refractivity contribution in [2.24, 2.45) is 0 Å². The minimum atomic E-state index is -0.125.